The Kier molecular flexibility index (Phi) is 8.63. The predicted molar refractivity (Wildman–Crippen MR) is 129 cm³/mol. The Morgan fingerprint density at radius 1 is 0.909 bits per heavy atom. The first-order valence-electron chi connectivity index (χ1n) is 12.4. The number of likely N-dealkylation sites (tertiary alicyclic amines) is 1. The van der Waals surface area contributed by atoms with E-state index >= 15 is 0 Å². The highest BCUT2D eigenvalue weighted by atomic mass is 16.6. The highest BCUT2D eigenvalue weighted by Gasteiger charge is 2.39. The van der Waals surface area contributed by atoms with Gasteiger partial charge in [0, 0.05) is 38.8 Å². The van der Waals surface area contributed by atoms with Crippen molar-refractivity contribution in [3.05, 3.63) is 29.8 Å². The predicted octanol–water partition coefficient (Wildman–Crippen LogP) is 4.17. The van der Waals surface area contributed by atoms with Gasteiger partial charge < -0.3 is 14.7 Å². The SMILES string of the molecule is CC(C)(C)OC(=O)N1CCC[C@@H]1C(=O)N1CCCN(C2CCC2)CC1.Cc1ccc(O)cc1. The third-order valence-electron chi connectivity index (χ3n) is 6.63. The average molecular weight is 460 g/mol. The molecule has 1 atom stereocenters. The lowest BCUT2D eigenvalue weighted by atomic mass is 9.91. The molecule has 1 aromatic rings. The molecule has 4 rings (SSSR count). The molecule has 0 bridgehead atoms. The Morgan fingerprint density at radius 3 is 2.18 bits per heavy atom. The number of rotatable bonds is 2. The molecule has 3 fully saturated rings. The maximum absolute atomic E-state index is 13.1. The second kappa shape index (κ2) is 11.2. The molecule has 2 saturated heterocycles. The van der Waals surface area contributed by atoms with Gasteiger partial charge in [-0.3, -0.25) is 14.6 Å². The first-order valence-corrected chi connectivity index (χ1v) is 12.4. The van der Waals surface area contributed by atoms with Crippen molar-refractivity contribution in [3.63, 3.8) is 0 Å². The zero-order valence-electron chi connectivity index (χ0n) is 20.8. The highest BCUT2D eigenvalue weighted by Crippen LogP contribution is 2.27. The fraction of sp³-hybridized carbons (Fsp3) is 0.692. The zero-order valence-corrected chi connectivity index (χ0v) is 20.8. The molecular formula is C26H41N3O4. The second-order valence-corrected chi connectivity index (χ2v) is 10.5. The van der Waals surface area contributed by atoms with Gasteiger partial charge in [0.05, 0.1) is 0 Å². The molecule has 2 amide bonds. The number of phenolic OH excluding ortho intramolecular Hbond substituents is 1. The maximum atomic E-state index is 13.1. The van der Waals surface area contributed by atoms with Crippen LogP contribution < -0.4 is 0 Å². The summed E-state index contributed by atoms with van der Waals surface area (Å²) in [5.41, 5.74) is 0.641. The Hall–Kier alpha value is -2.28. The number of hydrogen-bond acceptors (Lipinski definition) is 5. The molecule has 2 heterocycles. The van der Waals surface area contributed by atoms with Crippen LogP contribution in [0, 0.1) is 6.92 Å². The minimum absolute atomic E-state index is 0.110. The number of hydrogen-bond donors (Lipinski definition) is 1. The summed E-state index contributed by atoms with van der Waals surface area (Å²) >= 11 is 0. The number of benzene rings is 1. The van der Waals surface area contributed by atoms with Crippen LogP contribution in [-0.4, -0.2) is 82.2 Å². The number of aryl methyl sites for hydroxylation is 1. The van der Waals surface area contributed by atoms with Crippen molar-refractivity contribution in [2.24, 2.45) is 0 Å². The van der Waals surface area contributed by atoms with Crippen LogP contribution in [0.1, 0.15) is 64.9 Å². The summed E-state index contributed by atoms with van der Waals surface area (Å²) < 4.78 is 5.49. The van der Waals surface area contributed by atoms with Gasteiger partial charge in [-0.05, 0) is 71.9 Å². The monoisotopic (exact) mass is 459 g/mol. The standard InChI is InChI=1S/C19H33N3O3.C7H8O/c1-19(2,3)25-18(24)22-12-5-9-16(22)17(23)21-11-6-10-20(13-14-21)15-7-4-8-15;1-6-2-4-7(8)5-3-6/h15-16H,4-14H2,1-3H3;2-5,8H,1H3/t16-;/m1./s1. The molecule has 7 heteroatoms. The van der Waals surface area contributed by atoms with E-state index in [2.05, 4.69) is 4.90 Å². The summed E-state index contributed by atoms with van der Waals surface area (Å²) in [6.07, 6.45) is 6.26. The van der Waals surface area contributed by atoms with Crippen molar-refractivity contribution < 1.29 is 19.4 Å². The van der Waals surface area contributed by atoms with Gasteiger partial charge in [0.15, 0.2) is 0 Å². The maximum Gasteiger partial charge on any atom is 0.410 e. The molecule has 7 nitrogen and oxygen atoms in total. The Bertz CT molecular complexity index is 765. The number of amides is 2. The number of nitrogens with zero attached hydrogens (tertiary/aromatic N) is 3. The smallest absolute Gasteiger partial charge is 0.410 e. The molecule has 3 aliphatic rings. The first kappa shape index (κ1) is 25.3. The number of carbonyl (C=O) groups is 2. The van der Waals surface area contributed by atoms with E-state index in [1.54, 1.807) is 17.0 Å². The third kappa shape index (κ3) is 7.36. The van der Waals surface area contributed by atoms with E-state index in [0.29, 0.717) is 12.3 Å². The topological polar surface area (TPSA) is 73.3 Å². The molecule has 1 N–H and O–H groups in total. The molecule has 184 valence electrons. The van der Waals surface area contributed by atoms with Crippen LogP contribution in [0.4, 0.5) is 4.79 Å². The van der Waals surface area contributed by atoms with E-state index in [-0.39, 0.29) is 18.0 Å². The summed E-state index contributed by atoms with van der Waals surface area (Å²) in [5.74, 6) is 0.439. The van der Waals surface area contributed by atoms with Gasteiger partial charge in [0.2, 0.25) is 5.91 Å². The quantitative estimate of drug-likeness (QED) is 0.718. The highest BCUT2D eigenvalue weighted by molar-refractivity contribution is 5.86. The molecular weight excluding hydrogens is 418 g/mol. The van der Waals surface area contributed by atoms with Crippen LogP contribution in [0.3, 0.4) is 0 Å². The van der Waals surface area contributed by atoms with Crippen LogP contribution in [0.5, 0.6) is 5.75 Å². The van der Waals surface area contributed by atoms with Gasteiger partial charge in [-0.25, -0.2) is 4.79 Å². The minimum Gasteiger partial charge on any atom is -0.508 e. The Labute approximate surface area is 198 Å². The lowest BCUT2D eigenvalue weighted by Gasteiger charge is -2.37. The van der Waals surface area contributed by atoms with Gasteiger partial charge in [0.25, 0.3) is 0 Å². The van der Waals surface area contributed by atoms with E-state index in [1.165, 1.54) is 24.8 Å². The van der Waals surface area contributed by atoms with E-state index < -0.39 is 5.60 Å². The lowest BCUT2D eigenvalue weighted by Crippen LogP contribution is -2.50. The average Bonchev–Trinajstić information content (AvgIpc) is 3.08. The summed E-state index contributed by atoms with van der Waals surface area (Å²) in [5, 5.41) is 8.76. The van der Waals surface area contributed by atoms with Gasteiger partial charge in [-0.2, -0.15) is 0 Å². The van der Waals surface area contributed by atoms with Gasteiger partial charge in [-0.1, -0.05) is 24.1 Å². The van der Waals surface area contributed by atoms with Crippen LogP contribution in [0.2, 0.25) is 0 Å². The number of phenols is 1. The van der Waals surface area contributed by atoms with E-state index in [1.807, 2.05) is 44.7 Å². The third-order valence-corrected chi connectivity index (χ3v) is 6.63. The van der Waals surface area contributed by atoms with Crippen molar-refractivity contribution in [1.29, 1.82) is 0 Å². The summed E-state index contributed by atoms with van der Waals surface area (Å²) in [4.78, 5) is 31.7. The van der Waals surface area contributed by atoms with Gasteiger partial charge in [0.1, 0.15) is 17.4 Å². The zero-order chi connectivity index (χ0) is 24.0. The summed E-state index contributed by atoms with van der Waals surface area (Å²) in [6, 6.07) is 7.49. The van der Waals surface area contributed by atoms with Gasteiger partial charge in [-0.15, -0.1) is 0 Å². The number of carbonyl (C=O) groups excluding carboxylic acids is 2. The van der Waals surface area contributed by atoms with Crippen molar-refractivity contribution in [3.8, 4) is 5.75 Å². The molecule has 1 aliphatic carbocycles. The largest absolute Gasteiger partial charge is 0.508 e. The molecule has 1 aromatic carbocycles. The van der Waals surface area contributed by atoms with Crippen LogP contribution >= 0.6 is 0 Å². The Balaban J connectivity index is 0.000000323. The van der Waals surface area contributed by atoms with E-state index in [4.69, 9.17) is 9.84 Å². The van der Waals surface area contributed by atoms with Crippen molar-refractivity contribution in [2.75, 3.05) is 32.7 Å². The van der Waals surface area contributed by atoms with Crippen LogP contribution in [0.25, 0.3) is 0 Å². The van der Waals surface area contributed by atoms with Crippen LogP contribution in [0.15, 0.2) is 24.3 Å². The Morgan fingerprint density at radius 2 is 1.61 bits per heavy atom. The fourth-order valence-corrected chi connectivity index (χ4v) is 4.59. The first-order chi connectivity index (χ1) is 15.6. The summed E-state index contributed by atoms with van der Waals surface area (Å²) in [6.45, 7) is 11.8. The van der Waals surface area contributed by atoms with Crippen molar-refractivity contribution >= 4 is 12.0 Å². The van der Waals surface area contributed by atoms with Crippen molar-refractivity contribution in [1.82, 2.24) is 14.7 Å². The molecule has 33 heavy (non-hydrogen) atoms. The molecule has 1 saturated carbocycles. The molecule has 2 aliphatic heterocycles. The lowest BCUT2D eigenvalue weighted by molar-refractivity contribution is -0.135. The second-order valence-electron chi connectivity index (χ2n) is 10.5. The minimum atomic E-state index is -0.529. The normalized spacial score (nSPS) is 22.1. The van der Waals surface area contributed by atoms with Gasteiger partial charge >= 0.3 is 6.09 Å². The van der Waals surface area contributed by atoms with E-state index in [0.717, 1.165) is 51.5 Å². The van der Waals surface area contributed by atoms with Crippen LogP contribution in [-0.2, 0) is 9.53 Å². The number of aromatic hydroxyl groups is 1. The summed E-state index contributed by atoms with van der Waals surface area (Å²) in [7, 11) is 0. The molecule has 0 spiro atoms. The molecule has 0 radical (unpaired) electrons. The number of ether oxygens (including phenoxy) is 1. The molecule has 0 aromatic heterocycles. The molecule has 0 unspecified atom stereocenters. The fourth-order valence-electron chi connectivity index (χ4n) is 4.59. The van der Waals surface area contributed by atoms with E-state index in [9.17, 15) is 9.59 Å². The van der Waals surface area contributed by atoms with Crippen molar-refractivity contribution in [2.45, 2.75) is 83.9 Å².